The molecule has 0 fully saturated rings. The van der Waals surface area contributed by atoms with E-state index in [4.69, 9.17) is 8.85 Å². The number of hydrogen-bond acceptors (Lipinski definition) is 2. The summed E-state index contributed by atoms with van der Waals surface area (Å²) < 4.78 is 11.3. The molecule has 0 saturated heterocycles. The van der Waals surface area contributed by atoms with Gasteiger partial charge in [-0.15, -0.1) is 0 Å². The lowest BCUT2D eigenvalue weighted by Gasteiger charge is -2.23. The first-order valence-electron chi connectivity index (χ1n) is 6.04. The summed E-state index contributed by atoms with van der Waals surface area (Å²) in [6.07, 6.45) is 2.79. The maximum absolute atomic E-state index is 5.88. The zero-order valence-electron chi connectivity index (χ0n) is 11.0. The zero-order valence-corrected chi connectivity index (χ0v) is 12.0. The van der Waals surface area contributed by atoms with Crippen LogP contribution in [0.5, 0.6) is 0 Å². The Kier molecular flexibility index (Phi) is 5.61. The molecule has 3 heteroatoms. The molecule has 0 amide bonds. The van der Waals surface area contributed by atoms with Crippen LogP contribution in [0.2, 0.25) is 12.6 Å². The van der Waals surface area contributed by atoms with Crippen LogP contribution in [0, 0.1) is 0 Å². The van der Waals surface area contributed by atoms with Crippen LogP contribution in [0.15, 0.2) is 30.8 Å². The van der Waals surface area contributed by atoms with E-state index in [0.717, 1.165) is 24.6 Å². The maximum Gasteiger partial charge on any atom is 0.334 e. The van der Waals surface area contributed by atoms with E-state index in [2.05, 4.69) is 44.3 Å². The highest BCUT2D eigenvalue weighted by Gasteiger charge is 2.26. The van der Waals surface area contributed by atoms with Crippen molar-refractivity contribution < 1.29 is 8.85 Å². The first-order chi connectivity index (χ1) is 8.13. The Bertz CT molecular complexity index is 342. The topological polar surface area (TPSA) is 18.5 Å². The summed E-state index contributed by atoms with van der Waals surface area (Å²) in [4.78, 5) is 0. The monoisotopic (exact) mass is 250 g/mol. The minimum Gasteiger partial charge on any atom is -0.398 e. The molecule has 1 atom stereocenters. The Labute approximate surface area is 106 Å². The second-order valence-electron chi connectivity index (χ2n) is 4.24. The number of hydrogen-bond donors (Lipinski definition) is 0. The molecule has 1 aromatic rings. The average Bonchev–Trinajstić information content (AvgIpc) is 2.39. The van der Waals surface area contributed by atoms with Gasteiger partial charge in [0.15, 0.2) is 0 Å². The Balaban J connectivity index is 2.42. The van der Waals surface area contributed by atoms with Crippen molar-refractivity contribution in [3.8, 4) is 0 Å². The Hall–Kier alpha value is -0.903. The molecule has 0 N–H and O–H groups in total. The highest BCUT2D eigenvalue weighted by Crippen LogP contribution is 2.13. The van der Waals surface area contributed by atoms with E-state index in [9.17, 15) is 0 Å². The standard InChI is InChI=1S/C14H22O2Si/c1-5-13-7-9-14(10-8-13)11-12-16-17(4,6-2)15-3/h5,7-10H,1,6,11-12H2,2-4H3. The summed E-state index contributed by atoms with van der Waals surface area (Å²) in [5, 5.41) is 0. The second-order valence-corrected chi connectivity index (χ2v) is 7.91. The van der Waals surface area contributed by atoms with Crippen LogP contribution in [0.25, 0.3) is 6.08 Å². The molecule has 0 aliphatic rings. The van der Waals surface area contributed by atoms with Crippen molar-refractivity contribution in [1.29, 1.82) is 0 Å². The zero-order chi connectivity index (χ0) is 12.7. The largest absolute Gasteiger partial charge is 0.398 e. The van der Waals surface area contributed by atoms with Crippen LogP contribution >= 0.6 is 0 Å². The van der Waals surface area contributed by atoms with Gasteiger partial charge in [-0.2, -0.15) is 0 Å². The van der Waals surface area contributed by atoms with Gasteiger partial charge in [-0.25, -0.2) is 0 Å². The van der Waals surface area contributed by atoms with Gasteiger partial charge in [0.2, 0.25) is 0 Å². The van der Waals surface area contributed by atoms with E-state index in [0.29, 0.717) is 0 Å². The predicted octanol–water partition coefficient (Wildman–Crippen LogP) is 3.63. The summed E-state index contributed by atoms with van der Waals surface area (Å²) >= 11 is 0. The van der Waals surface area contributed by atoms with Crippen molar-refractivity contribution >= 4 is 14.6 Å². The van der Waals surface area contributed by atoms with E-state index in [-0.39, 0.29) is 0 Å². The minimum atomic E-state index is -1.89. The number of benzene rings is 1. The van der Waals surface area contributed by atoms with E-state index in [1.807, 2.05) is 6.08 Å². The molecule has 0 heterocycles. The molecule has 0 spiro atoms. The lowest BCUT2D eigenvalue weighted by molar-refractivity contribution is 0.208. The van der Waals surface area contributed by atoms with Gasteiger partial charge in [-0.05, 0) is 30.1 Å². The van der Waals surface area contributed by atoms with Crippen LogP contribution < -0.4 is 0 Å². The van der Waals surface area contributed by atoms with Gasteiger partial charge in [0.1, 0.15) is 0 Å². The fourth-order valence-electron chi connectivity index (χ4n) is 1.51. The molecule has 2 nitrogen and oxygen atoms in total. The predicted molar refractivity (Wildman–Crippen MR) is 75.3 cm³/mol. The molecule has 0 bridgehead atoms. The Morgan fingerprint density at radius 3 is 2.41 bits per heavy atom. The fourth-order valence-corrected chi connectivity index (χ4v) is 2.65. The third-order valence-corrected chi connectivity index (χ3v) is 6.05. The summed E-state index contributed by atoms with van der Waals surface area (Å²) in [7, 11) is -0.141. The van der Waals surface area contributed by atoms with Crippen LogP contribution in [-0.2, 0) is 15.3 Å². The third kappa shape index (κ3) is 4.46. The molecule has 0 saturated carbocycles. The molecule has 1 aromatic carbocycles. The lowest BCUT2D eigenvalue weighted by atomic mass is 10.1. The summed E-state index contributed by atoms with van der Waals surface area (Å²) in [6, 6.07) is 9.39. The summed E-state index contributed by atoms with van der Waals surface area (Å²) in [5.74, 6) is 0. The minimum absolute atomic E-state index is 0.734. The van der Waals surface area contributed by atoms with Gasteiger partial charge in [-0.3, -0.25) is 0 Å². The molecule has 0 aliphatic carbocycles. The highest BCUT2D eigenvalue weighted by molar-refractivity contribution is 6.65. The van der Waals surface area contributed by atoms with Gasteiger partial charge < -0.3 is 8.85 Å². The molecule has 0 radical (unpaired) electrons. The van der Waals surface area contributed by atoms with Crippen LogP contribution in [0.4, 0.5) is 0 Å². The molecule has 1 unspecified atom stereocenters. The highest BCUT2D eigenvalue weighted by atomic mass is 28.4. The lowest BCUT2D eigenvalue weighted by Crippen LogP contribution is -2.37. The summed E-state index contributed by atoms with van der Waals surface area (Å²) in [5.41, 5.74) is 2.44. The van der Waals surface area contributed by atoms with Crippen molar-refractivity contribution in [3.05, 3.63) is 42.0 Å². The smallest absolute Gasteiger partial charge is 0.334 e. The SMILES string of the molecule is C=Cc1ccc(CCO[Si](C)(CC)OC)cc1. The molecular formula is C14H22O2Si. The van der Waals surface area contributed by atoms with E-state index in [1.165, 1.54) is 5.56 Å². The van der Waals surface area contributed by atoms with Crippen LogP contribution in [0.3, 0.4) is 0 Å². The fraction of sp³-hybridized carbons (Fsp3) is 0.429. The van der Waals surface area contributed by atoms with Crippen LogP contribution in [0.1, 0.15) is 18.1 Å². The van der Waals surface area contributed by atoms with Crippen molar-refractivity contribution in [2.24, 2.45) is 0 Å². The third-order valence-electron chi connectivity index (χ3n) is 3.09. The van der Waals surface area contributed by atoms with E-state index in [1.54, 1.807) is 7.11 Å². The van der Waals surface area contributed by atoms with Gasteiger partial charge in [0.05, 0.1) is 0 Å². The van der Waals surface area contributed by atoms with E-state index >= 15 is 0 Å². The van der Waals surface area contributed by atoms with E-state index < -0.39 is 8.56 Å². The van der Waals surface area contributed by atoms with Gasteiger partial charge in [-0.1, -0.05) is 43.8 Å². The average molecular weight is 250 g/mol. The van der Waals surface area contributed by atoms with Crippen LogP contribution in [-0.4, -0.2) is 22.3 Å². The van der Waals surface area contributed by atoms with Crippen molar-refractivity contribution in [1.82, 2.24) is 0 Å². The van der Waals surface area contributed by atoms with Crippen molar-refractivity contribution in [2.75, 3.05) is 13.7 Å². The normalized spacial score (nSPS) is 14.3. The maximum atomic E-state index is 5.88. The number of rotatable bonds is 7. The molecule has 1 rings (SSSR count). The second kappa shape index (κ2) is 6.74. The molecule has 0 aromatic heterocycles. The Morgan fingerprint density at radius 1 is 1.29 bits per heavy atom. The van der Waals surface area contributed by atoms with Crippen molar-refractivity contribution in [2.45, 2.75) is 25.9 Å². The Morgan fingerprint density at radius 2 is 1.94 bits per heavy atom. The summed E-state index contributed by atoms with van der Waals surface area (Å²) in [6.45, 7) is 8.70. The molecule has 94 valence electrons. The molecule has 17 heavy (non-hydrogen) atoms. The van der Waals surface area contributed by atoms with Gasteiger partial charge in [0, 0.05) is 13.7 Å². The quantitative estimate of drug-likeness (QED) is 0.688. The van der Waals surface area contributed by atoms with Gasteiger partial charge in [0.25, 0.3) is 0 Å². The first-order valence-corrected chi connectivity index (χ1v) is 8.56. The van der Waals surface area contributed by atoms with Crippen molar-refractivity contribution in [3.63, 3.8) is 0 Å². The molecular weight excluding hydrogens is 228 g/mol. The van der Waals surface area contributed by atoms with Gasteiger partial charge >= 0.3 is 8.56 Å². The molecule has 0 aliphatic heterocycles. The first kappa shape index (κ1) is 14.2.